The van der Waals surface area contributed by atoms with Gasteiger partial charge in [-0.1, -0.05) is 17.7 Å². The van der Waals surface area contributed by atoms with Crippen LogP contribution in [0.2, 0.25) is 0 Å². The van der Waals surface area contributed by atoms with Crippen molar-refractivity contribution in [3.8, 4) is 5.75 Å². The Bertz CT molecular complexity index is 373. The van der Waals surface area contributed by atoms with Gasteiger partial charge in [-0.2, -0.15) is 0 Å². The zero-order chi connectivity index (χ0) is 12.8. The zero-order valence-electron chi connectivity index (χ0n) is 11.5. The molecule has 0 amide bonds. The Morgan fingerprint density at radius 2 is 2.06 bits per heavy atom. The molecule has 1 N–H and O–H groups in total. The molecule has 1 aromatic rings. The topological polar surface area (TPSA) is 24.5 Å². The van der Waals surface area contributed by atoms with Gasteiger partial charge in [0.1, 0.15) is 5.75 Å². The van der Waals surface area contributed by atoms with Crippen molar-refractivity contribution in [3.63, 3.8) is 0 Å². The highest BCUT2D eigenvalue weighted by atomic mass is 16.5. The van der Waals surface area contributed by atoms with Crippen molar-refractivity contribution >= 4 is 0 Å². The third-order valence-corrected chi connectivity index (χ3v) is 3.57. The molecular weight excluding hydrogens is 224 g/mol. The summed E-state index contributed by atoms with van der Waals surface area (Å²) in [5.74, 6) is 1.03. The molecule has 1 fully saturated rings. The van der Waals surface area contributed by atoms with Crippen LogP contribution in [0.5, 0.6) is 5.75 Å². The third kappa shape index (κ3) is 3.72. The first-order chi connectivity index (χ1) is 8.79. The SMILES string of the molecule is COc1ccc(C)cc1CCCN1CCNCC1. The largest absolute Gasteiger partial charge is 0.496 e. The summed E-state index contributed by atoms with van der Waals surface area (Å²) in [7, 11) is 1.75. The number of methoxy groups -OCH3 is 1. The van der Waals surface area contributed by atoms with E-state index in [-0.39, 0.29) is 0 Å². The standard InChI is InChI=1S/C15H24N2O/c1-13-5-6-15(18-2)14(12-13)4-3-9-17-10-7-16-8-11-17/h5-6,12,16H,3-4,7-11H2,1-2H3. The normalized spacial score (nSPS) is 16.8. The molecule has 1 aliphatic heterocycles. The second kappa shape index (κ2) is 6.76. The predicted octanol–water partition coefficient (Wildman–Crippen LogP) is 1.84. The van der Waals surface area contributed by atoms with Gasteiger partial charge in [0.25, 0.3) is 0 Å². The van der Waals surface area contributed by atoms with Crippen LogP contribution in [-0.4, -0.2) is 44.7 Å². The van der Waals surface area contributed by atoms with E-state index >= 15 is 0 Å². The summed E-state index contributed by atoms with van der Waals surface area (Å²) in [6, 6.07) is 6.44. The van der Waals surface area contributed by atoms with Crippen LogP contribution in [0.25, 0.3) is 0 Å². The Labute approximate surface area is 110 Å². The van der Waals surface area contributed by atoms with Crippen molar-refractivity contribution in [2.45, 2.75) is 19.8 Å². The van der Waals surface area contributed by atoms with Gasteiger partial charge in [-0.3, -0.25) is 0 Å². The number of hydrogen-bond acceptors (Lipinski definition) is 3. The first-order valence-electron chi connectivity index (χ1n) is 6.86. The Morgan fingerprint density at radius 3 is 2.78 bits per heavy atom. The lowest BCUT2D eigenvalue weighted by Crippen LogP contribution is -2.43. The lowest BCUT2D eigenvalue weighted by molar-refractivity contribution is 0.238. The fourth-order valence-electron chi connectivity index (χ4n) is 2.53. The molecule has 3 nitrogen and oxygen atoms in total. The summed E-state index contributed by atoms with van der Waals surface area (Å²) in [4.78, 5) is 2.54. The minimum Gasteiger partial charge on any atom is -0.496 e. The number of ether oxygens (including phenoxy) is 1. The van der Waals surface area contributed by atoms with E-state index in [1.807, 2.05) is 0 Å². The van der Waals surface area contributed by atoms with E-state index in [0.29, 0.717) is 0 Å². The molecule has 0 aromatic heterocycles. The molecule has 0 aliphatic carbocycles. The van der Waals surface area contributed by atoms with Crippen LogP contribution < -0.4 is 10.1 Å². The number of hydrogen-bond donors (Lipinski definition) is 1. The molecule has 0 radical (unpaired) electrons. The summed E-state index contributed by atoms with van der Waals surface area (Å²) >= 11 is 0. The molecule has 0 unspecified atom stereocenters. The van der Waals surface area contributed by atoms with Crippen LogP contribution in [-0.2, 0) is 6.42 Å². The maximum Gasteiger partial charge on any atom is 0.122 e. The molecule has 1 saturated heterocycles. The maximum atomic E-state index is 5.42. The van der Waals surface area contributed by atoms with Crippen molar-refractivity contribution in [1.82, 2.24) is 10.2 Å². The first kappa shape index (κ1) is 13.4. The number of aryl methyl sites for hydroxylation is 2. The average Bonchev–Trinajstić information content (AvgIpc) is 2.40. The van der Waals surface area contributed by atoms with Gasteiger partial charge in [-0.15, -0.1) is 0 Å². The second-order valence-electron chi connectivity index (χ2n) is 5.01. The van der Waals surface area contributed by atoms with E-state index < -0.39 is 0 Å². The molecule has 0 spiro atoms. The van der Waals surface area contributed by atoms with E-state index in [2.05, 4.69) is 35.3 Å². The highest BCUT2D eigenvalue weighted by molar-refractivity contribution is 5.36. The molecule has 3 heteroatoms. The van der Waals surface area contributed by atoms with Crippen LogP contribution in [0.1, 0.15) is 17.5 Å². The fraction of sp³-hybridized carbons (Fsp3) is 0.600. The molecule has 1 aliphatic rings. The summed E-state index contributed by atoms with van der Waals surface area (Å²) in [5.41, 5.74) is 2.65. The van der Waals surface area contributed by atoms with E-state index in [9.17, 15) is 0 Å². The monoisotopic (exact) mass is 248 g/mol. The fourth-order valence-corrected chi connectivity index (χ4v) is 2.53. The molecule has 2 rings (SSSR count). The maximum absolute atomic E-state index is 5.42. The molecule has 100 valence electrons. The molecule has 0 atom stereocenters. The van der Waals surface area contributed by atoms with Gasteiger partial charge in [-0.05, 0) is 37.9 Å². The van der Waals surface area contributed by atoms with Crippen molar-refractivity contribution in [2.75, 3.05) is 39.8 Å². The van der Waals surface area contributed by atoms with Gasteiger partial charge < -0.3 is 15.0 Å². The molecule has 1 heterocycles. The van der Waals surface area contributed by atoms with Crippen molar-refractivity contribution in [1.29, 1.82) is 0 Å². The smallest absolute Gasteiger partial charge is 0.122 e. The third-order valence-electron chi connectivity index (χ3n) is 3.57. The van der Waals surface area contributed by atoms with E-state index in [4.69, 9.17) is 4.74 Å². The van der Waals surface area contributed by atoms with Gasteiger partial charge >= 0.3 is 0 Å². The van der Waals surface area contributed by atoms with E-state index in [1.54, 1.807) is 7.11 Å². The van der Waals surface area contributed by atoms with Crippen molar-refractivity contribution < 1.29 is 4.74 Å². The first-order valence-corrected chi connectivity index (χ1v) is 6.86. The van der Waals surface area contributed by atoms with Crippen LogP contribution in [0.4, 0.5) is 0 Å². The Balaban J connectivity index is 1.83. The van der Waals surface area contributed by atoms with Crippen molar-refractivity contribution in [3.05, 3.63) is 29.3 Å². The van der Waals surface area contributed by atoms with E-state index in [0.717, 1.165) is 25.3 Å². The summed E-state index contributed by atoms with van der Waals surface area (Å²) in [5, 5.41) is 3.39. The van der Waals surface area contributed by atoms with Gasteiger partial charge in [-0.25, -0.2) is 0 Å². The molecular formula is C15H24N2O. The van der Waals surface area contributed by atoms with Crippen molar-refractivity contribution in [2.24, 2.45) is 0 Å². The zero-order valence-corrected chi connectivity index (χ0v) is 11.5. The number of rotatable bonds is 5. The molecule has 18 heavy (non-hydrogen) atoms. The summed E-state index contributed by atoms with van der Waals surface area (Å²) in [6.45, 7) is 7.97. The number of nitrogens with zero attached hydrogens (tertiary/aromatic N) is 1. The summed E-state index contributed by atoms with van der Waals surface area (Å²) < 4.78 is 5.42. The predicted molar refractivity (Wildman–Crippen MR) is 75.4 cm³/mol. The van der Waals surface area contributed by atoms with Gasteiger partial charge in [0.05, 0.1) is 7.11 Å². The van der Waals surface area contributed by atoms with Gasteiger partial charge in [0.15, 0.2) is 0 Å². The van der Waals surface area contributed by atoms with Crippen LogP contribution in [0.3, 0.4) is 0 Å². The Kier molecular flexibility index (Phi) is 5.02. The number of nitrogens with one attached hydrogen (secondary N) is 1. The lowest BCUT2D eigenvalue weighted by atomic mass is 10.1. The quantitative estimate of drug-likeness (QED) is 0.860. The Morgan fingerprint density at radius 1 is 1.28 bits per heavy atom. The number of benzene rings is 1. The van der Waals surface area contributed by atoms with Gasteiger partial charge in [0, 0.05) is 26.2 Å². The highest BCUT2D eigenvalue weighted by Crippen LogP contribution is 2.21. The second-order valence-corrected chi connectivity index (χ2v) is 5.01. The van der Waals surface area contributed by atoms with Gasteiger partial charge in [0.2, 0.25) is 0 Å². The number of piperazine rings is 1. The molecule has 1 aromatic carbocycles. The van der Waals surface area contributed by atoms with Crippen LogP contribution >= 0.6 is 0 Å². The van der Waals surface area contributed by atoms with E-state index in [1.165, 1.54) is 37.2 Å². The lowest BCUT2D eigenvalue weighted by Gasteiger charge is -2.27. The minimum absolute atomic E-state index is 1.03. The minimum atomic E-state index is 1.03. The Hall–Kier alpha value is -1.06. The van der Waals surface area contributed by atoms with Crippen LogP contribution in [0, 0.1) is 6.92 Å². The molecule has 0 bridgehead atoms. The summed E-state index contributed by atoms with van der Waals surface area (Å²) in [6.07, 6.45) is 2.31. The highest BCUT2D eigenvalue weighted by Gasteiger charge is 2.09. The average molecular weight is 248 g/mol. The molecule has 0 saturated carbocycles. The van der Waals surface area contributed by atoms with Crippen LogP contribution in [0.15, 0.2) is 18.2 Å².